The molecule has 1 heterocycles. The summed E-state index contributed by atoms with van der Waals surface area (Å²) >= 11 is 0. The highest BCUT2D eigenvalue weighted by atomic mass is 16.5. The van der Waals surface area contributed by atoms with E-state index in [1.807, 2.05) is 0 Å². The minimum absolute atomic E-state index is 0.0403. The molecule has 3 aromatic rings. The number of ether oxygens (including phenoxy) is 2. The summed E-state index contributed by atoms with van der Waals surface area (Å²) in [5, 5.41) is 3.79. The van der Waals surface area contributed by atoms with Crippen LogP contribution >= 0.6 is 0 Å². The number of anilines is 2. The van der Waals surface area contributed by atoms with Crippen molar-refractivity contribution < 1.29 is 23.9 Å². The van der Waals surface area contributed by atoms with Gasteiger partial charge in [-0.2, -0.15) is 0 Å². The van der Waals surface area contributed by atoms with Crippen LogP contribution in [0, 0.1) is 0 Å². The predicted molar refractivity (Wildman–Crippen MR) is 118 cm³/mol. The maximum absolute atomic E-state index is 12.6. The first-order valence-electron chi connectivity index (χ1n) is 9.99. The number of Topliss-reactive ketones (excluding diaryl/α,β-unsaturated/α-hetero) is 1. The fourth-order valence-corrected chi connectivity index (χ4v) is 3.03. The number of rotatable bonds is 7. The van der Waals surface area contributed by atoms with E-state index < -0.39 is 11.9 Å². The smallest absolute Gasteiger partial charge is 0.341 e. The van der Waals surface area contributed by atoms with E-state index >= 15 is 0 Å². The average Bonchev–Trinajstić information content (AvgIpc) is 2.73. The Morgan fingerprint density at radius 1 is 1.00 bits per heavy atom. The summed E-state index contributed by atoms with van der Waals surface area (Å²) in [6.07, 6.45) is 1.18. The van der Waals surface area contributed by atoms with E-state index in [1.165, 1.54) is 13.1 Å². The minimum atomic E-state index is -0.532. The summed E-state index contributed by atoms with van der Waals surface area (Å²) < 4.78 is 10.5. The number of nitrogens with one attached hydrogen (secondary N) is 1. The van der Waals surface area contributed by atoms with Crippen LogP contribution < -0.4 is 5.32 Å². The van der Waals surface area contributed by atoms with Gasteiger partial charge in [-0.25, -0.2) is 9.59 Å². The van der Waals surface area contributed by atoms with Gasteiger partial charge >= 0.3 is 11.9 Å². The molecule has 1 N–H and O–H groups in total. The van der Waals surface area contributed by atoms with Crippen LogP contribution in [0.4, 0.5) is 11.4 Å². The molecule has 0 unspecified atom stereocenters. The number of pyridine rings is 1. The lowest BCUT2D eigenvalue weighted by Crippen LogP contribution is -2.12. The number of hydrogen-bond donors (Lipinski definition) is 1. The Kier molecular flexibility index (Phi) is 6.65. The highest BCUT2D eigenvalue weighted by Crippen LogP contribution is 2.31. The van der Waals surface area contributed by atoms with Crippen molar-refractivity contribution >= 4 is 40.0 Å². The lowest BCUT2D eigenvalue weighted by atomic mass is 10.1. The van der Waals surface area contributed by atoms with Crippen molar-refractivity contribution in [1.29, 1.82) is 0 Å². The van der Waals surface area contributed by atoms with Gasteiger partial charge in [0, 0.05) is 22.8 Å². The Labute approximate surface area is 180 Å². The van der Waals surface area contributed by atoms with Crippen molar-refractivity contribution in [3.63, 3.8) is 0 Å². The average molecular weight is 420 g/mol. The Morgan fingerprint density at radius 3 is 2.29 bits per heavy atom. The molecule has 7 nitrogen and oxygen atoms in total. The fourth-order valence-electron chi connectivity index (χ4n) is 3.03. The molecule has 160 valence electrons. The van der Waals surface area contributed by atoms with Crippen molar-refractivity contribution in [2.24, 2.45) is 0 Å². The number of esters is 2. The highest BCUT2D eigenvalue weighted by Gasteiger charge is 2.19. The standard InChI is InChI=1S/C24H24N2O5/c1-5-30-24(29)20-13-25-21-11-8-17(23(28)31-14(2)3)12-19(21)22(20)26-18-9-6-16(7-10-18)15(4)27/h6-14H,5H2,1-4H3,(H,25,26). The maximum Gasteiger partial charge on any atom is 0.341 e. The molecule has 31 heavy (non-hydrogen) atoms. The van der Waals surface area contributed by atoms with E-state index in [0.29, 0.717) is 33.4 Å². The molecule has 0 spiro atoms. The first-order valence-corrected chi connectivity index (χ1v) is 9.99. The van der Waals surface area contributed by atoms with Gasteiger partial charge in [0.05, 0.1) is 29.5 Å². The lowest BCUT2D eigenvalue weighted by molar-refractivity contribution is 0.0377. The molecule has 2 aromatic carbocycles. The van der Waals surface area contributed by atoms with Crippen molar-refractivity contribution in [1.82, 2.24) is 4.98 Å². The van der Waals surface area contributed by atoms with E-state index in [0.717, 1.165) is 0 Å². The fraction of sp³-hybridized carbons (Fsp3) is 0.250. The van der Waals surface area contributed by atoms with E-state index in [1.54, 1.807) is 63.2 Å². The monoisotopic (exact) mass is 420 g/mol. The number of nitrogens with zero attached hydrogens (tertiary/aromatic N) is 1. The number of benzene rings is 2. The van der Waals surface area contributed by atoms with Gasteiger partial charge in [-0.3, -0.25) is 9.78 Å². The maximum atomic E-state index is 12.6. The third kappa shape index (κ3) is 5.06. The molecule has 0 aliphatic rings. The molecule has 0 aliphatic carbocycles. The van der Waals surface area contributed by atoms with Gasteiger partial charge in [0.2, 0.25) is 0 Å². The van der Waals surface area contributed by atoms with Crippen LogP contribution in [0.15, 0.2) is 48.7 Å². The van der Waals surface area contributed by atoms with Crippen molar-refractivity contribution in [3.8, 4) is 0 Å². The number of fused-ring (bicyclic) bond motifs is 1. The van der Waals surface area contributed by atoms with Crippen LogP contribution in [0.2, 0.25) is 0 Å². The third-order valence-electron chi connectivity index (χ3n) is 4.50. The number of ketones is 1. The van der Waals surface area contributed by atoms with Gasteiger partial charge in [-0.05, 0) is 70.2 Å². The lowest BCUT2D eigenvalue weighted by Gasteiger charge is -2.15. The molecule has 0 aliphatic heterocycles. The molecule has 0 saturated carbocycles. The van der Waals surface area contributed by atoms with Gasteiger partial charge in [-0.15, -0.1) is 0 Å². The van der Waals surface area contributed by atoms with Crippen LogP contribution in [0.3, 0.4) is 0 Å². The van der Waals surface area contributed by atoms with Crippen LogP contribution in [-0.2, 0) is 9.47 Å². The Bertz CT molecular complexity index is 1140. The van der Waals surface area contributed by atoms with Crippen LogP contribution in [-0.4, -0.2) is 35.4 Å². The van der Waals surface area contributed by atoms with E-state index in [-0.39, 0.29) is 24.1 Å². The molecule has 0 fully saturated rings. The zero-order chi connectivity index (χ0) is 22.5. The summed E-state index contributed by atoms with van der Waals surface area (Å²) in [7, 11) is 0. The van der Waals surface area contributed by atoms with E-state index in [4.69, 9.17) is 9.47 Å². The summed E-state index contributed by atoms with van der Waals surface area (Å²) in [6.45, 7) is 6.98. The molecule has 1 aromatic heterocycles. The molecular formula is C24H24N2O5. The van der Waals surface area contributed by atoms with Crippen LogP contribution in [0.25, 0.3) is 10.9 Å². The molecule has 0 radical (unpaired) electrons. The zero-order valence-electron chi connectivity index (χ0n) is 17.9. The first kappa shape index (κ1) is 22.0. The van der Waals surface area contributed by atoms with Gasteiger partial charge in [-0.1, -0.05) is 0 Å². The SMILES string of the molecule is CCOC(=O)c1cnc2ccc(C(=O)OC(C)C)cc2c1Nc1ccc(C(C)=O)cc1. The molecule has 3 rings (SSSR count). The Hall–Kier alpha value is -3.74. The summed E-state index contributed by atoms with van der Waals surface area (Å²) in [5.74, 6) is -1.04. The highest BCUT2D eigenvalue weighted by molar-refractivity contribution is 6.07. The van der Waals surface area contributed by atoms with E-state index in [9.17, 15) is 14.4 Å². The quantitative estimate of drug-likeness (QED) is 0.428. The van der Waals surface area contributed by atoms with Crippen molar-refractivity contribution in [2.45, 2.75) is 33.8 Å². The summed E-state index contributed by atoms with van der Waals surface area (Å²) in [4.78, 5) is 40.9. The zero-order valence-corrected chi connectivity index (χ0v) is 17.9. The molecule has 7 heteroatoms. The van der Waals surface area contributed by atoms with Gasteiger partial charge in [0.15, 0.2) is 5.78 Å². The van der Waals surface area contributed by atoms with Gasteiger partial charge < -0.3 is 14.8 Å². The topological polar surface area (TPSA) is 94.6 Å². The molecule has 0 amide bonds. The van der Waals surface area contributed by atoms with Crippen LogP contribution in [0.1, 0.15) is 58.8 Å². The minimum Gasteiger partial charge on any atom is -0.462 e. The number of carbonyl (C=O) groups is 3. The second-order valence-corrected chi connectivity index (χ2v) is 7.21. The van der Waals surface area contributed by atoms with Gasteiger partial charge in [0.1, 0.15) is 5.56 Å². The predicted octanol–water partition coefficient (Wildman–Crippen LogP) is 4.92. The van der Waals surface area contributed by atoms with E-state index in [2.05, 4.69) is 10.3 Å². The molecule has 0 bridgehead atoms. The Morgan fingerprint density at radius 2 is 1.68 bits per heavy atom. The Balaban J connectivity index is 2.12. The van der Waals surface area contributed by atoms with Gasteiger partial charge in [0.25, 0.3) is 0 Å². The number of hydrogen-bond acceptors (Lipinski definition) is 7. The van der Waals surface area contributed by atoms with Crippen LogP contribution in [0.5, 0.6) is 0 Å². The first-order chi connectivity index (χ1) is 14.8. The van der Waals surface area contributed by atoms with Crippen molar-refractivity contribution in [2.75, 3.05) is 11.9 Å². The number of aromatic nitrogens is 1. The largest absolute Gasteiger partial charge is 0.462 e. The molecule has 0 atom stereocenters. The second kappa shape index (κ2) is 9.38. The molecule has 0 saturated heterocycles. The third-order valence-corrected chi connectivity index (χ3v) is 4.50. The number of carbonyl (C=O) groups excluding carboxylic acids is 3. The molecular weight excluding hydrogens is 396 g/mol. The summed E-state index contributed by atoms with van der Waals surface area (Å²) in [5.41, 5.74) is 2.88. The van der Waals surface area contributed by atoms with Crippen molar-refractivity contribution in [3.05, 3.63) is 65.4 Å². The normalized spacial score (nSPS) is 10.7. The summed E-state index contributed by atoms with van der Waals surface area (Å²) in [6, 6.07) is 11.9. The second-order valence-electron chi connectivity index (χ2n) is 7.21.